The van der Waals surface area contributed by atoms with Crippen LogP contribution in [0.5, 0.6) is 0 Å². The van der Waals surface area contributed by atoms with Crippen molar-refractivity contribution >= 4 is 5.69 Å². The van der Waals surface area contributed by atoms with Crippen LogP contribution in [0.2, 0.25) is 0 Å². The van der Waals surface area contributed by atoms with Crippen LogP contribution in [-0.2, 0) is 0 Å². The Labute approximate surface area is 102 Å². The maximum atomic E-state index is 13.7. The second-order valence-corrected chi connectivity index (χ2v) is 4.23. The zero-order valence-electron chi connectivity index (χ0n) is 10.5. The molecule has 1 rings (SSSR count). The number of hydrogen-bond acceptors (Lipinski definition) is 2. The van der Waals surface area contributed by atoms with Gasteiger partial charge >= 0.3 is 0 Å². The van der Waals surface area contributed by atoms with E-state index in [1.54, 1.807) is 12.1 Å². The average molecular weight is 234 g/mol. The molecule has 0 heterocycles. The van der Waals surface area contributed by atoms with E-state index in [1.165, 1.54) is 6.07 Å². The second kappa shape index (κ2) is 6.90. The molecule has 0 aromatic heterocycles. The van der Waals surface area contributed by atoms with E-state index in [1.807, 2.05) is 6.07 Å². The van der Waals surface area contributed by atoms with E-state index in [0.717, 1.165) is 25.7 Å². The summed E-state index contributed by atoms with van der Waals surface area (Å²) in [5, 5.41) is 11.9. The topological polar surface area (TPSA) is 35.8 Å². The highest BCUT2D eigenvalue weighted by Gasteiger charge is 2.09. The first kappa shape index (κ1) is 13.5. The van der Waals surface area contributed by atoms with Gasteiger partial charge in [0.2, 0.25) is 0 Å². The summed E-state index contributed by atoms with van der Waals surface area (Å²) in [4.78, 5) is 0. The first-order chi connectivity index (χ1) is 8.21. The third kappa shape index (κ3) is 4.07. The molecule has 17 heavy (non-hydrogen) atoms. The van der Waals surface area contributed by atoms with Crippen LogP contribution < -0.4 is 5.32 Å². The number of rotatable bonds is 6. The van der Waals surface area contributed by atoms with Crippen molar-refractivity contribution in [2.45, 2.75) is 45.6 Å². The molecule has 3 heteroatoms. The zero-order valence-corrected chi connectivity index (χ0v) is 10.5. The van der Waals surface area contributed by atoms with Gasteiger partial charge in [0, 0.05) is 6.04 Å². The maximum Gasteiger partial charge on any atom is 0.147 e. The molecule has 0 saturated carbocycles. The Balaban J connectivity index is 2.75. The van der Waals surface area contributed by atoms with Gasteiger partial charge in [0.1, 0.15) is 5.82 Å². The van der Waals surface area contributed by atoms with Gasteiger partial charge in [-0.15, -0.1) is 0 Å². The molecule has 0 aliphatic carbocycles. The van der Waals surface area contributed by atoms with Crippen LogP contribution in [0.1, 0.15) is 45.1 Å². The monoisotopic (exact) mass is 234 g/mol. The molecule has 2 nitrogen and oxygen atoms in total. The molecule has 0 atom stereocenters. The molecule has 1 aromatic carbocycles. The van der Waals surface area contributed by atoms with Gasteiger partial charge in [0.15, 0.2) is 0 Å². The van der Waals surface area contributed by atoms with Crippen LogP contribution in [0.25, 0.3) is 0 Å². The molecule has 0 aliphatic heterocycles. The standard InChI is InChI=1S/C14H19FN2/c1-3-5-12(6-4-2)17-14-8-7-11(10-16)9-13(14)15/h7-9,12,17H,3-6H2,1-2H3. The van der Waals surface area contributed by atoms with Gasteiger partial charge in [-0.3, -0.25) is 0 Å². The minimum absolute atomic E-state index is 0.312. The minimum Gasteiger partial charge on any atom is -0.380 e. The Kier molecular flexibility index (Phi) is 5.48. The lowest BCUT2D eigenvalue weighted by atomic mass is 10.1. The summed E-state index contributed by atoms with van der Waals surface area (Å²) < 4.78 is 13.7. The van der Waals surface area contributed by atoms with Crippen LogP contribution in [0, 0.1) is 17.1 Å². The molecule has 1 aromatic rings. The predicted molar refractivity (Wildman–Crippen MR) is 68.3 cm³/mol. The van der Waals surface area contributed by atoms with Crippen molar-refractivity contribution in [3.8, 4) is 6.07 Å². The van der Waals surface area contributed by atoms with Crippen LogP contribution in [-0.4, -0.2) is 6.04 Å². The second-order valence-electron chi connectivity index (χ2n) is 4.23. The Hall–Kier alpha value is -1.56. The highest BCUT2D eigenvalue weighted by molar-refractivity contribution is 5.49. The highest BCUT2D eigenvalue weighted by Crippen LogP contribution is 2.19. The Bertz CT molecular complexity index is 390. The quantitative estimate of drug-likeness (QED) is 0.805. The fourth-order valence-electron chi connectivity index (χ4n) is 1.91. The van der Waals surface area contributed by atoms with E-state index in [2.05, 4.69) is 19.2 Å². The molecule has 1 N–H and O–H groups in total. The number of hydrogen-bond donors (Lipinski definition) is 1. The third-order valence-electron chi connectivity index (χ3n) is 2.73. The van der Waals surface area contributed by atoms with Crippen molar-refractivity contribution in [1.29, 1.82) is 5.26 Å². The molecular weight excluding hydrogens is 215 g/mol. The molecule has 0 unspecified atom stereocenters. The summed E-state index contributed by atoms with van der Waals surface area (Å²) in [6.07, 6.45) is 4.23. The van der Waals surface area contributed by atoms with Crippen LogP contribution in [0.4, 0.5) is 10.1 Å². The fourth-order valence-corrected chi connectivity index (χ4v) is 1.91. The first-order valence-corrected chi connectivity index (χ1v) is 6.17. The Morgan fingerprint density at radius 3 is 2.41 bits per heavy atom. The number of benzene rings is 1. The Morgan fingerprint density at radius 1 is 1.29 bits per heavy atom. The molecule has 92 valence electrons. The lowest BCUT2D eigenvalue weighted by Gasteiger charge is -2.19. The highest BCUT2D eigenvalue weighted by atomic mass is 19.1. The van der Waals surface area contributed by atoms with Crippen molar-refractivity contribution in [3.63, 3.8) is 0 Å². The SMILES string of the molecule is CCCC(CCC)Nc1ccc(C#N)cc1F. The molecule has 0 radical (unpaired) electrons. The van der Waals surface area contributed by atoms with Gasteiger partial charge in [0.05, 0.1) is 17.3 Å². The number of nitrogens with one attached hydrogen (secondary N) is 1. The summed E-state index contributed by atoms with van der Waals surface area (Å²) in [5.74, 6) is -0.346. The molecular formula is C14H19FN2. The van der Waals surface area contributed by atoms with E-state index in [0.29, 0.717) is 17.3 Å². The summed E-state index contributed by atoms with van der Waals surface area (Å²) in [6, 6.07) is 6.80. The van der Waals surface area contributed by atoms with E-state index < -0.39 is 0 Å². The average Bonchev–Trinajstić information content (AvgIpc) is 2.32. The van der Waals surface area contributed by atoms with Gasteiger partial charge < -0.3 is 5.32 Å². The van der Waals surface area contributed by atoms with Crippen LogP contribution in [0.3, 0.4) is 0 Å². The number of anilines is 1. The van der Waals surface area contributed by atoms with E-state index in [4.69, 9.17) is 5.26 Å². The zero-order chi connectivity index (χ0) is 12.7. The summed E-state index contributed by atoms with van der Waals surface area (Å²) in [7, 11) is 0. The van der Waals surface area contributed by atoms with Gasteiger partial charge in [-0.1, -0.05) is 26.7 Å². The van der Waals surface area contributed by atoms with Crippen molar-refractivity contribution < 1.29 is 4.39 Å². The van der Waals surface area contributed by atoms with Crippen molar-refractivity contribution in [3.05, 3.63) is 29.6 Å². The predicted octanol–water partition coefficient (Wildman–Crippen LogP) is 4.08. The van der Waals surface area contributed by atoms with E-state index in [-0.39, 0.29) is 5.82 Å². The van der Waals surface area contributed by atoms with Gasteiger partial charge in [0.25, 0.3) is 0 Å². The van der Waals surface area contributed by atoms with E-state index >= 15 is 0 Å². The van der Waals surface area contributed by atoms with Crippen LogP contribution in [0.15, 0.2) is 18.2 Å². The number of nitriles is 1. The van der Waals surface area contributed by atoms with Gasteiger partial charge in [-0.05, 0) is 31.0 Å². The van der Waals surface area contributed by atoms with Crippen molar-refractivity contribution in [1.82, 2.24) is 0 Å². The van der Waals surface area contributed by atoms with Gasteiger partial charge in [-0.25, -0.2) is 4.39 Å². The molecule has 0 aliphatic rings. The minimum atomic E-state index is -0.346. The lowest BCUT2D eigenvalue weighted by molar-refractivity contribution is 0.574. The third-order valence-corrected chi connectivity index (χ3v) is 2.73. The molecule has 0 fully saturated rings. The lowest BCUT2D eigenvalue weighted by Crippen LogP contribution is -2.19. The normalized spacial score (nSPS) is 10.3. The maximum absolute atomic E-state index is 13.7. The molecule has 0 spiro atoms. The molecule has 0 bridgehead atoms. The first-order valence-electron chi connectivity index (χ1n) is 6.17. The summed E-state index contributed by atoms with van der Waals surface area (Å²) in [6.45, 7) is 4.25. The summed E-state index contributed by atoms with van der Waals surface area (Å²) in [5.41, 5.74) is 0.853. The number of nitrogens with zero attached hydrogens (tertiary/aromatic N) is 1. The molecule has 0 amide bonds. The smallest absolute Gasteiger partial charge is 0.147 e. The number of halogens is 1. The van der Waals surface area contributed by atoms with Crippen molar-refractivity contribution in [2.24, 2.45) is 0 Å². The van der Waals surface area contributed by atoms with E-state index in [9.17, 15) is 4.39 Å². The fraction of sp³-hybridized carbons (Fsp3) is 0.500. The van der Waals surface area contributed by atoms with Gasteiger partial charge in [-0.2, -0.15) is 5.26 Å². The van der Waals surface area contributed by atoms with Crippen LogP contribution >= 0.6 is 0 Å². The molecule has 0 saturated heterocycles. The Morgan fingerprint density at radius 2 is 1.94 bits per heavy atom. The van der Waals surface area contributed by atoms with Crippen molar-refractivity contribution in [2.75, 3.05) is 5.32 Å². The largest absolute Gasteiger partial charge is 0.380 e. The summed E-state index contributed by atoms with van der Waals surface area (Å²) >= 11 is 0.